The van der Waals surface area contributed by atoms with Crippen molar-refractivity contribution in [2.24, 2.45) is 0 Å². The Morgan fingerprint density at radius 3 is 1.21 bits per heavy atom. The van der Waals surface area contributed by atoms with Gasteiger partial charge in [-0.15, -0.1) is 0 Å². The van der Waals surface area contributed by atoms with E-state index in [9.17, 15) is 19.8 Å². The number of benzene rings is 4. The molecule has 77 heavy (non-hydrogen) atoms. The molecule has 418 valence electrons. The van der Waals surface area contributed by atoms with E-state index in [1.165, 1.54) is 83.0 Å². The first kappa shape index (κ1) is 59.2. The molecule has 4 aromatic carbocycles. The van der Waals surface area contributed by atoms with Gasteiger partial charge in [-0.2, -0.15) is 0 Å². The van der Waals surface area contributed by atoms with Crippen LogP contribution in [0.2, 0.25) is 0 Å². The lowest BCUT2D eigenvalue weighted by Crippen LogP contribution is -2.29. The van der Waals surface area contributed by atoms with Crippen LogP contribution in [-0.4, -0.2) is 140 Å². The molecule has 4 aromatic rings. The summed E-state index contributed by atoms with van der Waals surface area (Å²) in [7, 11) is 0. The summed E-state index contributed by atoms with van der Waals surface area (Å²) in [5.41, 5.74) is 9.97. The van der Waals surface area contributed by atoms with Gasteiger partial charge >= 0.3 is 11.9 Å². The van der Waals surface area contributed by atoms with E-state index in [2.05, 4.69) is 98.1 Å². The third-order valence-electron chi connectivity index (χ3n) is 14.5. The number of esters is 2. The Hall–Kier alpha value is -5.42. The van der Waals surface area contributed by atoms with Gasteiger partial charge in [0.2, 0.25) is 0 Å². The third kappa shape index (κ3) is 16.8. The van der Waals surface area contributed by atoms with Gasteiger partial charge in [0.25, 0.3) is 0 Å². The van der Waals surface area contributed by atoms with E-state index in [1.807, 2.05) is 0 Å². The molecular formula is C63H82O14. The molecule has 7 rings (SSSR count). The summed E-state index contributed by atoms with van der Waals surface area (Å²) in [5, 5.41) is 20.0. The maximum Gasteiger partial charge on any atom is 0.333 e. The predicted octanol–water partition coefficient (Wildman–Crippen LogP) is 9.96. The molecule has 14 heteroatoms. The third-order valence-corrected chi connectivity index (χ3v) is 14.5. The number of aliphatic hydroxyl groups is 2. The molecule has 0 bridgehead atoms. The Balaban J connectivity index is 1.00. The maximum absolute atomic E-state index is 11.5. The van der Waals surface area contributed by atoms with Gasteiger partial charge < -0.3 is 57.6 Å². The molecule has 2 fully saturated rings. The van der Waals surface area contributed by atoms with Crippen molar-refractivity contribution in [1.29, 1.82) is 0 Å². The SMILES string of the molecule is C=C(C)C(=O)OCC(O)COCCOCCOCCOc1ccc(C2(c3ccc(OCCOCCOCCOCC(O)COC(=O)C(=C)C)c(C4CCCCC4)c3)c3ccccc3-c3ccccc32)cc1C1CCCCC1. The minimum atomic E-state index is -0.923. The molecule has 14 nitrogen and oxygen atoms in total. The van der Waals surface area contributed by atoms with E-state index in [1.54, 1.807) is 13.8 Å². The van der Waals surface area contributed by atoms with E-state index in [0.717, 1.165) is 37.2 Å². The lowest BCUT2D eigenvalue weighted by atomic mass is 9.66. The van der Waals surface area contributed by atoms with Crippen LogP contribution < -0.4 is 9.47 Å². The first-order valence-electron chi connectivity index (χ1n) is 27.8. The molecule has 0 spiro atoms. The van der Waals surface area contributed by atoms with Crippen molar-refractivity contribution >= 4 is 11.9 Å². The Morgan fingerprint density at radius 1 is 0.481 bits per heavy atom. The minimum absolute atomic E-state index is 0.0314. The van der Waals surface area contributed by atoms with Crippen LogP contribution in [0.5, 0.6) is 11.5 Å². The number of carbonyl (C=O) groups excluding carboxylic acids is 2. The van der Waals surface area contributed by atoms with Gasteiger partial charge in [-0.25, -0.2) is 9.59 Å². The van der Waals surface area contributed by atoms with Crippen molar-refractivity contribution in [1.82, 2.24) is 0 Å². The molecular weight excluding hydrogens is 981 g/mol. The van der Waals surface area contributed by atoms with Gasteiger partial charge in [-0.3, -0.25) is 0 Å². The van der Waals surface area contributed by atoms with Crippen LogP contribution in [-0.2, 0) is 52.9 Å². The summed E-state index contributed by atoms with van der Waals surface area (Å²) in [6.45, 7) is 14.4. The Labute approximate surface area is 455 Å². The van der Waals surface area contributed by atoms with E-state index in [4.69, 9.17) is 47.4 Å². The first-order valence-corrected chi connectivity index (χ1v) is 27.8. The monoisotopic (exact) mass is 1060 g/mol. The predicted molar refractivity (Wildman–Crippen MR) is 295 cm³/mol. The molecule has 2 atom stereocenters. The highest BCUT2D eigenvalue weighted by molar-refractivity contribution is 5.88. The van der Waals surface area contributed by atoms with Crippen molar-refractivity contribution in [3.63, 3.8) is 0 Å². The number of ether oxygens (including phenoxy) is 10. The van der Waals surface area contributed by atoms with Gasteiger partial charge in [-0.1, -0.05) is 124 Å². The summed E-state index contributed by atoms with van der Waals surface area (Å²) in [4.78, 5) is 23.1. The minimum Gasteiger partial charge on any atom is -0.491 e. The molecule has 0 heterocycles. The fourth-order valence-electron chi connectivity index (χ4n) is 10.7. The van der Waals surface area contributed by atoms with Crippen LogP contribution in [0.25, 0.3) is 11.1 Å². The number of hydrogen-bond acceptors (Lipinski definition) is 14. The number of hydrogen-bond donors (Lipinski definition) is 2. The van der Waals surface area contributed by atoms with Crippen LogP contribution in [0.3, 0.4) is 0 Å². The molecule has 3 aliphatic carbocycles. The zero-order valence-corrected chi connectivity index (χ0v) is 45.5. The van der Waals surface area contributed by atoms with E-state index in [-0.39, 0.29) is 37.6 Å². The standard InChI is InChI=1S/C63H82O14/c1-45(2)61(66)76-43-51(64)41-72-33-31-68-27-29-70-35-37-74-59-25-23-49(39-55(59)47-15-7-5-8-16-47)63(57-21-13-11-19-53(57)54-20-12-14-22-58(54)63)50-24-26-60(56(40-50)48-17-9-6-10-18-48)75-38-36-71-30-28-69-32-34-73-42-52(65)44-77-62(67)46(3)4/h11-14,19-26,39-40,47-48,51-52,64-65H,1,3,5-10,15-18,27-38,41-44H2,2,4H3. The highest BCUT2D eigenvalue weighted by atomic mass is 16.6. The van der Waals surface area contributed by atoms with Gasteiger partial charge in [0.15, 0.2) is 0 Å². The Bertz CT molecular complexity index is 2320. The van der Waals surface area contributed by atoms with Crippen LogP contribution in [0.1, 0.15) is 123 Å². The van der Waals surface area contributed by atoms with Crippen LogP contribution in [0, 0.1) is 0 Å². The van der Waals surface area contributed by atoms with Gasteiger partial charge in [-0.05, 0) is 108 Å². The highest BCUT2D eigenvalue weighted by Crippen LogP contribution is 2.57. The molecule has 2 N–H and O–H groups in total. The van der Waals surface area contributed by atoms with Crippen molar-refractivity contribution in [3.8, 4) is 22.6 Å². The van der Waals surface area contributed by atoms with Gasteiger partial charge in [0, 0.05) is 11.1 Å². The second kappa shape index (κ2) is 31.2. The largest absolute Gasteiger partial charge is 0.491 e. The Morgan fingerprint density at radius 2 is 0.831 bits per heavy atom. The van der Waals surface area contributed by atoms with Crippen molar-refractivity contribution < 1.29 is 67.2 Å². The topological polar surface area (TPSA) is 167 Å². The highest BCUT2D eigenvalue weighted by Gasteiger charge is 2.47. The summed E-state index contributed by atoms with van der Waals surface area (Å²) in [5.74, 6) is 1.49. The number of carbonyl (C=O) groups is 2. The number of rotatable bonds is 34. The molecule has 0 saturated heterocycles. The zero-order valence-electron chi connectivity index (χ0n) is 45.5. The van der Waals surface area contributed by atoms with Crippen LogP contribution in [0.4, 0.5) is 0 Å². The Kier molecular flexibility index (Phi) is 24.0. The average Bonchev–Trinajstić information content (AvgIpc) is 4.00. The molecule has 0 aromatic heterocycles. The smallest absolute Gasteiger partial charge is 0.333 e. The molecule has 3 aliphatic rings. The maximum atomic E-state index is 11.5. The second-order valence-corrected chi connectivity index (χ2v) is 20.4. The summed E-state index contributed by atoms with van der Waals surface area (Å²) < 4.78 is 57.3. The quantitative estimate of drug-likeness (QED) is 0.0227. The molecule has 0 radical (unpaired) electrons. The second-order valence-electron chi connectivity index (χ2n) is 20.4. The van der Waals surface area contributed by atoms with Gasteiger partial charge in [0.1, 0.15) is 50.1 Å². The van der Waals surface area contributed by atoms with Crippen LogP contribution >= 0.6 is 0 Å². The van der Waals surface area contributed by atoms with Crippen molar-refractivity contribution in [3.05, 3.63) is 143 Å². The van der Waals surface area contributed by atoms with Crippen molar-refractivity contribution in [2.75, 3.05) is 106 Å². The lowest BCUT2D eigenvalue weighted by Gasteiger charge is -2.36. The fourth-order valence-corrected chi connectivity index (χ4v) is 10.7. The average molecular weight is 1060 g/mol. The van der Waals surface area contributed by atoms with Crippen LogP contribution in [0.15, 0.2) is 109 Å². The lowest BCUT2D eigenvalue weighted by molar-refractivity contribution is -0.144. The van der Waals surface area contributed by atoms with E-state index in [0.29, 0.717) is 91.1 Å². The molecule has 2 saturated carbocycles. The fraction of sp³-hybridized carbons (Fsp3) is 0.524. The molecule has 2 unspecified atom stereocenters. The number of aliphatic hydroxyl groups excluding tert-OH is 2. The summed E-state index contributed by atoms with van der Waals surface area (Å²) in [6, 6.07) is 31.8. The van der Waals surface area contributed by atoms with E-state index >= 15 is 0 Å². The summed E-state index contributed by atoms with van der Waals surface area (Å²) in [6.07, 6.45) is 9.89. The van der Waals surface area contributed by atoms with Crippen molar-refractivity contribution in [2.45, 2.75) is 108 Å². The first-order chi connectivity index (χ1) is 37.6. The molecule has 0 amide bonds. The normalized spacial score (nSPS) is 16.0. The summed E-state index contributed by atoms with van der Waals surface area (Å²) >= 11 is 0. The zero-order chi connectivity index (χ0) is 54.2. The van der Waals surface area contributed by atoms with Gasteiger partial charge in [0.05, 0.1) is 84.7 Å². The number of fused-ring (bicyclic) bond motifs is 3. The molecule has 0 aliphatic heterocycles. The van der Waals surface area contributed by atoms with E-state index < -0.39 is 29.6 Å².